The molecule has 0 atom stereocenters. The molecule has 0 aliphatic carbocycles. The van der Waals surface area contributed by atoms with Crippen LogP contribution in [0.3, 0.4) is 0 Å². The van der Waals surface area contributed by atoms with Gasteiger partial charge < -0.3 is 14.8 Å². The van der Waals surface area contributed by atoms with Crippen LogP contribution < -0.4 is 5.32 Å². The normalized spacial score (nSPS) is 16.4. The van der Waals surface area contributed by atoms with E-state index in [4.69, 9.17) is 0 Å². The van der Waals surface area contributed by atoms with Crippen molar-refractivity contribution in [2.45, 2.75) is 13.0 Å². The number of rotatable bonds is 2. The van der Waals surface area contributed by atoms with E-state index in [0.717, 1.165) is 5.69 Å². The van der Waals surface area contributed by atoms with Gasteiger partial charge in [0.25, 0.3) is 5.95 Å². The van der Waals surface area contributed by atoms with Gasteiger partial charge in [-0.1, -0.05) is 0 Å². The number of aromatic nitrogens is 1. The third kappa shape index (κ3) is 2.41. The molecule has 1 aliphatic heterocycles. The summed E-state index contributed by atoms with van der Waals surface area (Å²) in [7, 11) is 0. The third-order valence-electron chi connectivity index (χ3n) is 2.12. The highest BCUT2D eigenvalue weighted by molar-refractivity contribution is 6.04. The van der Waals surface area contributed by atoms with Gasteiger partial charge in [0.1, 0.15) is 0 Å². The van der Waals surface area contributed by atoms with Gasteiger partial charge in [0.2, 0.25) is 6.04 Å². The molecule has 1 N–H and O–H groups in total. The zero-order valence-electron chi connectivity index (χ0n) is 9.10. The fourth-order valence-electron chi connectivity index (χ4n) is 1.30. The van der Waals surface area contributed by atoms with Crippen molar-refractivity contribution in [3.63, 3.8) is 0 Å². The van der Waals surface area contributed by atoms with E-state index in [-0.39, 0.29) is 5.95 Å². The second-order valence-electron chi connectivity index (χ2n) is 3.48. The SMILES string of the molecule is C=C1OC(=O)C(Nc2ccc(C)nc2)C(=O)O1. The summed E-state index contributed by atoms with van der Waals surface area (Å²) in [5.41, 5.74) is 1.36. The molecule has 1 fully saturated rings. The molecule has 0 spiro atoms. The number of nitrogens with one attached hydrogen (secondary N) is 1. The molecule has 6 nitrogen and oxygen atoms in total. The fraction of sp³-hybridized carbons (Fsp3) is 0.182. The average Bonchev–Trinajstić information content (AvgIpc) is 2.26. The van der Waals surface area contributed by atoms with Crippen LogP contribution in [0, 0.1) is 6.92 Å². The average molecular weight is 234 g/mol. The summed E-state index contributed by atoms with van der Waals surface area (Å²) >= 11 is 0. The lowest BCUT2D eigenvalue weighted by Crippen LogP contribution is -2.43. The Morgan fingerprint density at radius 2 is 1.94 bits per heavy atom. The van der Waals surface area contributed by atoms with E-state index in [2.05, 4.69) is 26.4 Å². The van der Waals surface area contributed by atoms with Crippen molar-refractivity contribution >= 4 is 17.6 Å². The van der Waals surface area contributed by atoms with Crippen LogP contribution in [0.1, 0.15) is 5.69 Å². The first-order valence-electron chi connectivity index (χ1n) is 4.88. The highest BCUT2D eigenvalue weighted by Gasteiger charge is 2.36. The number of hydrogen-bond acceptors (Lipinski definition) is 6. The van der Waals surface area contributed by atoms with E-state index in [0.29, 0.717) is 5.69 Å². The largest absolute Gasteiger partial charge is 0.391 e. The molecule has 1 aromatic rings. The van der Waals surface area contributed by atoms with Gasteiger partial charge in [-0.05, 0) is 25.6 Å². The molecule has 0 amide bonds. The molecule has 0 bridgehead atoms. The lowest BCUT2D eigenvalue weighted by atomic mass is 10.2. The van der Waals surface area contributed by atoms with Crippen LogP contribution in [0.4, 0.5) is 5.69 Å². The number of carbonyl (C=O) groups excluding carboxylic acids is 2. The number of aryl methyl sites for hydroxylation is 1. The summed E-state index contributed by atoms with van der Waals surface area (Å²) in [5.74, 6) is -1.79. The predicted octanol–water partition coefficient (Wildman–Crippen LogP) is 0.742. The second kappa shape index (κ2) is 4.25. The van der Waals surface area contributed by atoms with E-state index >= 15 is 0 Å². The quantitative estimate of drug-likeness (QED) is 0.600. The lowest BCUT2D eigenvalue weighted by Gasteiger charge is -2.21. The molecule has 1 aromatic heterocycles. The molecule has 2 heterocycles. The van der Waals surface area contributed by atoms with Gasteiger partial charge in [0.05, 0.1) is 11.9 Å². The number of hydrogen-bond donors (Lipinski definition) is 1. The van der Waals surface area contributed by atoms with Gasteiger partial charge in [-0.3, -0.25) is 4.98 Å². The summed E-state index contributed by atoms with van der Waals surface area (Å²) in [6.07, 6.45) is 1.51. The minimum Gasteiger partial charge on any atom is -0.391 e. The van der Waals surface area contributed by atoms with Crippen molar-refractivity contribution in [3.8, 4) is 0 Å². The summed E-state index contributed by atoms with van der Waals surface area (Å²) in [5, 5.41) is 2.68. The Bertz CT molecular complexity index is 461. The van der Waals surface area contributed by atoms with E-state index in [1.54, 1.807) is 12.1 Å². The third-order valence-corrected chi connectivity index (χ3v) is 2.12. The molecule has 0 unspecified atom stereocenters. The molecule has 17 heavy (non-hydrogen) atoms. The summed E-state index contributed by atoms with van der Waals surface area (Å²) in [4.78, 5) is 26.9. The molecule has 0 radical (unpaired) electrons. The maximum atomic E-state index is 11.4. The lowest BCUT2D eigenvalue weighted by molar-refractivity contribution is -0.168. The van der Waals surface area contributed by atoms with Gasteiger partial charge in [0.15, 0.2) is 0 Å². The summed E-state index contributed by atoms with van der Waals surface area (Å²) in [6, 6.07) is 2.26. The molecule has 6 heteroatoms. The van der Waals surface area contributed by atoms with Crippen molar-refractivity contribution in [1.29, 1.82) is 0 Å². The summed E-state index contributed by atoms with van der Waals surface area (Å²) in [6.45, 7) is 5.07. The van der Waals surface area contributed by atoms with E-state index in [1.807, 2.05) is 6.92 Å². The van der Waals surface area contributed by atoms with E-state index < -0.39 is 18.0 Å². The molecule has 1 saturated heterocycles. The van der Waals surface area contributed by atoms with Crippen LogP contribution in [-0.2, 0) is 19.1 Å². The van der Waals surface area contributed by atoms with Crippen molar-refractivity contribution in [1.82, 2.24) is 4.98 Å². The number of cyclic esters (lactones) is 2. The molecule has 0 saturated carbocycles. The van der Waals surface area contributed by atoms with Crippen LogP contribution in [0.25, 0.3) is 0 Å². The molecular weight excluding hydrogens is 224 g/mol. The van der Waals surface area contributed by atoms with Crippen LogP contribution in [0.2, 0.25) is 0 Å². The second-order valence-corrected chi connectivity index (χ2v) is 3.48. The molecule has 88 valence electrons. The fourth-order valence-corrected chi connectivity index (χ4v) is 1.30. The number of ether oxygens (including phenoxy) is 2. The standard InChI is InChI=1S/C11H10N2O4/c1-6-3-4-8(5-12-6)13-9-10(14)16-7(2)17-11(9)15/h3-5,9,13H,2H2,1H3. The number of esters is 2. The maximum Gasteiger partial charge on any atom is 0.348 e. The van der Waals surface area contributed by atoms with Gasteiger partial charge in [-0.25, -0.2) is 9.59 Å². The Morgan fingerprint density at radius 3 is 2.47 bits per heavy atom. The Morgan fingerprint density at radius 1 is 1.29 bits per heavy atom. The Labute approximate surface area is 97.2 Å². The number of anilines is 1. The van der Waals surface area contributed by atoms with Gasteiger partial charge in [0, 0.05) is 5.69 Å². The van der Waals surface area contributed by atoms with Crippen molar-refractivity contribution in [2.24, 2.45) is 0 Å². The number of nitrogens with zero attached hydrogens (tertiary/aromatic N) is 1. The zero-order valence-corrected chi connectivity index (χ0v) is 9.10. The van der Waals surface area contributed by atoms with E-state index in [1.165, 1.54) is 6.20 Å². The van der Waals surface area contributed by atoms with Crippen molar-refractivity contribution in [3.05, 3.63) is 36.5 Å². The highest BCUT2D eigenvalue weighted by atomic mass is 16.7. The molecule has 0 aromatic carbocycles. The monoisotopic (exact) mass is 234 g/mol. The maximum absolute atomic E-state index is 11.4. The molecule has 2 rings (SSSR count). The van der Waals surface area contributed by atoms with Gasteiger partial charge in [-0.15, -0.1) is 0 Å². The topological polar surface area (TPSA) is 77.5 Å². The first kappa shape index (κ1) is 11.1. The minimum atomic E-state index is -1.19. The Balaban J connectivity index is 2.12. The van der Waals surface area contributed by atoms with Crippen molar-refractivity contribution in [2.75, 3.05) is 5.32 Å². The van der Waals surface area contributed by atoms with E-state index in [9.17, 15) is 9.59 Å². The Kier molecular flexibility index (Phi) is 2.78. The van der Waals surface area contributed by atoms with Crippen LogP contribution in [0.5, 0.6) is 0 Å². The van der Waals surface area contributed by atoms with Gasteiger partial charge in [-0.2, -0.15) is 0 Å². The molecule has 1 aliphatic rings. The van der Waals surface area contributed by atoms with Crippen LogP contribution in [-0.4, -0.2) is 23.0 Å². The van der Waals surface area contributed by atoms with Crippen LogP contribution >= 0.6 is 0 Å². The first-order valence-corrected chi connectivity index (χ1v) is 4.88. The highest BCUT2D eigenvalue weighted by Crippen LogP contribution is 2.15. The smallest absolute Gasteiger partial charge is 0.348 e. The zero-order chi connectivity index (χ0) is 12.4. The number of pyridine rings is 1. The summed E-state index contributed by atoms with van der Waals surface area (Å²) < 4.78 is 9.21. The Hall–Kier alpha value is -2.37. The van der Waals surface area contributed by atoms with Gasteiger partial charge >= 0.3 is 11.9 Å². The van der Waals surface area contributed by atoms with Crippen LogP contribution in [0.15, 0.2) is 30.9 Å². The predicted molar refractivity (Wildman–Crippen MR) is 57.7 cm³/mol. The van der Waals surface area contributed by atoms with Crippen molar-refractivity contribution < 1.29 is 19.1 Å². The minimum absolute atomic E-state index is 0.305. The number of carbonyl (C=O) groups is 2. The first-order chi connectivity index (χ1) is 8.06. The molecular formula is C11H10N2O4.